The van der Waals surface area contributed by atoms with Gasteiger partial charge in [0.1, 0.15) is 5.75 Å². The third-order valence-corrected chi connectivity index (χ3v) is 4.05. The first-order valence-electron chi connectivity index (χ1n) is 7.38. The van der Waals surface area contributed by atoms with Crippen molar-refractivity contribution >= 4 is 0 Å². The van der Waals surface area contributed by atoms with Crippen LogP contribution in [0.1, 0.15) is 34.8 Å². The lowest BCUT2D eigenvalue weighted by Gasteiger charge is -2.21. The van der Waals surface area contributed by atoms with Crippen molar-refractivity contribution in [1.82, 2.24) is 10.3 Å². The number of benzene rings is 1. The molecule has 3 heteroatoms. The fraction of sp³-hybridized carbons (Fsp3) is 0.389. The Bertz CT molecular complexity index is 581. The van der Waals surface area contributed by atoms with Gasteiger partial charge in [0.15, 0.2) is 0 Å². The molecule has 0 saturated heterocycles. The second-order valence-electron chi connectivity index (χ2n) is 5.33. The van der Waals surface area contributed by atoms with E-state index in [1.54, 1.807) is 7.11 Å². The molecule has 0 radical (unpaired) electrons. The first kappa shape index (κ1) is 15.5. The van der Waals surface area contributed by atoms with Gasteiger partial charge in [-0.1, -0.05) is 18.2 Å². The first-order valence-corrected chi connectivity index (χ1v) is 7.38. The Balaban J connectivity index is 2.19. The maximum absolute atomic E-state index is 5.64. The summed E-state index contributed by atoms with van der Waals surface area (Å²) in [5.41, 5.74) is 4.82. The molecule has 3 nitrogen and oxygen atoms in total. The summed E-state index contributed by atoms with van der Waals surface area (Å²) in [7, 11) is 3.74. The summed E-state index contributed by atoms with van der Waals surface area (Å²) in [4.78, 5) is 4.39. The minimum atomic E-state index is 0.265. The number of hydrogen-bond acceptors (Lipinski definition) is 3. The van der Waals surface area contributed by atoms with E-state index in [0.29, 0.717) is 0 Å². The topological polar surface area (TPSA) is 34.2 Å². The summed E-state index contributed by atoms with van der Waals surface area (Å²) < 4.78 is 5.64. The molecular formula is C18H24N2O. The molecule has 0 bridgehead atoms. The van der Waals surface area contributed by atoms with Crippen molar-refractivity contribution in [2.24, 2.45) is 0 Å². The molecule has 0 spiro atoms. The van der Waals surface area contributed by atoms with Crippen molar-refractivity contribution < 1.29 is 4.74 Å². The van der Waals surface area contributed by atoms with Crippen LogP contribution in [0.4, 0.5) is 0 Å². The Hall–Kier alpha value is -1.87. The molecule has 1 aromatic carbocycles. The standard InChI is InChI=1S/C18H24N2O/c1-13-8-10-16(18(21-4)14(13)2)17(19-3)11-9-15-7-5-6-12-20-15/h5-8,10,12,17,19H,9,11H2,1-4H3. The number of methoxy groups -OCH3 is 1. The Labute approximate surface area is 127 Å². The molecule has 0 amide bonds. The van der Waals surface area contributed by atoms with Crippen LogP contribution in [0.2, 0.25) is 0 Å². The van der Waals surface area contributed by atoms with Gasteiger partial charge in [-0.05, 0) is 57.0 Å². The number of aryl methyl sites for hydroxylation is 2. The quantitative estimate of drug-likeness (QED) is 0.880. The molecule has 0 aliphatic rings. The van der Waals surface area contributed by atoms with Crippen LogP contribution < -0.4 is 10.1 Å². The highest BCUT2D eigenvalue weighted by Gasteiger charge is 2.17. The number of ether oxygens (including phenoxy) is 1. The predicted molar refractivity (Wildman–Crippen MR) is 86.8 cm³/mol. The van der Waals surface area contributed by atoms with Gasteiger partial charge >= 0.3 is 0 Å². The molecule has 0 fully saturated rings. The van der Waals surface area contributed by atoms with Crippen molar-refractivity contribution in [3.63, 3.8) is 0 Å². The summed E-state index contributed by atoms with van der Waals surface area (Å²) in [6.45, 7) is 4.23. The van der Waals surface area contributed by atoms with Crippen LogP contribution in [0, 0.1) is 13.8 Å². The third kappa shape index (κ3) is 3.61. The van der Waals surface area contributed by atoms with Crippen molar-refractivity contribution in [3.05, 3.63) is 58.9 Å². The summed E-state index contributed by atoms with van der Waals surface area (Å²) in [5, 5.41) is 3.40. The van der Waals surface area contributed by atoms with Gasteiger partial charge in [-0.25, -0.2) is 0 Å². The van der Waals surface area contributed by atoms with E-state index in [4.69, 9.17) is 4.74 Å². The second kappa shape index (κ2) is 7.23. The van der Waals surface area contributed by atoms with E-state index in [-0.39, 0.29) is 6.04 Å². The minimum Gasteiger partial charge on any atom is -0.496 e. The summed E-state index contributed by atoms with van der Waals surface area (Å²) >= 11 is 0. The highest BCUT2D eigenvalue weighted by Crippen LogP contribution is 2.32. The number of aromatic nitrogens is 1. The normalized spacial score (nSPS) is 12.2. The van der Waals surface area contributed by atoms with Crippen molar-refractivity contribution in [3.8, 4) is 5.75 Å². The smallest absolute Gasteiger partial charge is 0.126 e. The maximum Gasteiger partial charge on any atom is 0.126 e. The van der Waals surface area contributed by atoms with Gasteiger partial charge < -0.3 is 10.1 Å². The molecule has 0 aliphatic carbocycles. The molecule has 1 unspecified atom stereocenters. The van der Waals surface area contributed by atoms with Gasteiger partial charge in [-0.2, -0.15) is 0 Å². The van der Waals surface area contributed by atoms with Crippen LogP contribution in [-0.4, -0.2) is 19.1 Å². The van der Waals surface area contributed by atoms with Gasteiger partial charge in [-0.3, -0.25) is 4.98 Å². The molecule has 1 atom stereocenters. The number of hydrogen-bond donors (Lipinski definition) is 1. The lowest BCUT2D eigenvalue weighted by molar-refractivity contribution is 0.395. The average molecular weight is 284 g/mol. The van der Waals surface area contributed by atoms with E-state index < -0.39 is 0 Å². The molecule has 2 aromatic rings. The molecule has 2 rings (SSSR count). The van der Waals surface area contributed by atoms with Crippen LogP contribution in [0.3, 0.4) is 0 Å². The van der Waals surface area contributed by atoms with Crippen LogP contribution in [0.15, 0.2) is 36.5 Å². The van der Waals surface area contributed by atoms with Crippen molar-refractivity contribution in [2.45, 2.75) is 32.7 Å². The lowest BCUT2D eigenvalue weighted by atomic mass is 9.95. The zero-order valence-corrected chi connectivity index (χ0v) is 13.3. The minimum absolute atomic E-state index is 0.265. The van der Waals surface area contributed by atoms with E-state index in [9.17, 15) is 0 Å². The zero-order chi connectivity index (χ0) is 15.2. The molecule has 0 saturated carbocycles. The van der Waals surface area contributed by atoms with Crippen molar-refractivity contribution in [1.29, 1.82) is 0 Å². The van der Waals surface area contributed by atoms with Crippen LogP contribution in [0.25, 0.3) is 0 Å². The van der Waals surface area contributed by atoms with E-state index in [2.05, 4.69) is 42.3 Å². The van der Waals surface area contributed by atoms with E-state index in [0.717, 1.165) is 24.3 Å². The van der Waals surface area contributed by atoms with Crippen molar-refractivity contribution in [2.75, 3.05) is 14.2 Å². The van der Waals surface area contributed by atoms with Gasteiger partial charge in [0.05, 0.1) is 7.11 Å². The number of rotatable bonds is 6. The summed E-state index contributed by atoms with van der Waals surface area (Å²) in [5.74, 6) is 0.996. The second-order valence-corrected chi connectivity index (χ2v) is 5.33. The summed E-state index contributed by atoms with van der Waals surface area (Å²) in [6.07, 6.45) is 3.79. The highest BCUT2D eigenvalue weighted by molar-refractivity contribution is 5.46. The van der Waals surface area contributed by atoms with Gasteiger partial charge in [0, 0.05) is 23.5 Å². The van der Waals surface area contributed by atoms with E-state index in [1.807, 2.05) is 25.4 Å². The monoisotopic (exact) mass is 284 g/mol. The molecule has 1 N–H and O–H groups in total. The lowest BCUT2D eigenvalue weighted by Crippen LogP contribution is -2.18. The number of nitrogens with one attached hydrogen (secondary N) is 1. The SMILES string of the molecule is CNC(CCc1ccccn1)c1ccc(C)c(C)c1OC. The van der Waals surface area contributed by atoms with Gasteiger partial charge in [0.2, 0.25) is 0 Å². The third-order valence-electron chi connectivity index (χ3n) is 4.05. The van der Waals surface area contributed by atoms with Crippen LogP contribution in [-0.2, 0) is 6.42 Å². The molecule has 1 heterocycles. The highest BCUT2D eigenvalue weighted by atomic mass is 16.5. The predicted octanol–water partition coefficient (Wildman–Crippen LogP) is 3.60. The van der Waals surface area contributed by atoms with Crippen LogP contribution >= 0.6 is 0 Å². The average Bonchev–Trinajstić information content (AvgIpc) is 2.52. The molecular weight excluding hydrogens is 260 g/mol. The van der Waals surface area contributed by atoms with Gasteiger partial charge in [0.25, 0.3) is 0 Å². The fourth-order valence-corrected chi connectivity index (χ4v) is 2.65. The number of nitrogens with zero attached hydrogens (tertiary/aromatic N) is 1. The fourth-order valence-electron chi connectivity index (χ4n) is 2.65. The Morgan fingerprint density at radius 2 is 2.00 bits per heavy atom. The largest absolute Gasteiger partial charge is 0.496 e. The molecule has 0 aliphatic heterocycles. The summed E-state index contributed by atoms with van der Waals surface area (Å²) in [6, 6.07) is 10.7. The van der Waals surface area contributed by atoms with E-state index >= 15 is 0 Å². The molecule has 21 heavy (non-hydrogen) atoms. The van der Waals surface area contributed by atoms with Gasteiger partial charge in [-0.15, -0.1) is 0 Å². The Morgan fingerprint density at radius 1 is 1.19 bits per heavy atom. The molecule has 112 valence electrons. The van der Waals surface area contributed by atoms with E-state index in [1.165, 1.54) is 16.7 Å². The number of pyridine rings is 1. The Kier molecular flexibility index (Phi) is 5.34. The Morgan fingerprint density at radius 3 is 2.62 bits per heavy atom. The first-order chi connectivity index (χ1) is 10.2. The zero-order valence-electron chi connectivity index (χ0n) is 13.3. The van der Waals surface area contributed by atoms with Crippen LogP contribution in [0.5, 0.6) is 5.75 Å². The maximum atomic E-state index is 5.64. The molecule has 1 aromatic heterocycles.